The minimum atomic E-state index is 0.115. The second-order valence-corrected chi connectivity index (χ2v) is 5.78. The molecule has 1 aromatic heterocycles. The molecule has 2 aromatic rings. The molecule has 0 aliphatic carbocycles. The number of rotatable bonds is 2. The van der Waals surface area contributed by atoms with Crippen molar-refractivity contribution in [3.8, 4) is 0 Å². The molecule has 1 atom stereocenters. The van der Waals surface area contributed by atoms with Crippen molar-refractivity contribution in [2.75, 3.05) is 0 Å². The van der Waals surface area contributed by atoms with Gasteiger partial charge in [0.15, 0.2) is 0 Å². The summed E-state index contributed by atoms with van der Waals surface area (Å²) in [6.07, 6.45) is 0. The molecule has 0 radical (unpaired) electrons. The van der Waals surface area contributed by atoms with Crippen molar-refractivity contribution in [2.45, 2.75) is 4.83 Å². The minimum Gasteiger partial charge on any atom is -0.147 e. The second kappa shape index (κ2) is 4.88. The Morgan fingerprint density at radius 1 is 1.20 bits per heavy atom. The lowest BCUT2D eigenvalue weighted by atomic mass is 10.1. The maximum Gasteiger partial charge on any atom is 0.0752 e. The maximum absolute atomic E-state index is 6.12. The van der Waals surface area contributed by atoms with Crippen LogP contribution in [0.1, 0.15) is 15.3 Å². The second-order valence-electron chi connectivity index (χ2n) is 3.04. The van der Waals surface area contributed by atoms with Gasteiger partial charge in [-0.2, -0.15) is 0 Å². The van der Waals surface area contributed by atoms with Crippen LogP contribution in [0.3, 0.4) is 0 Å². The molecule has 15 heavy (non-hydrogen) atoms. The van der Waals surface area contributed by atoms with Crippen molar-refractivity contribution >= 4 is 50.5 Å². The predicted octanol–water partition coefficient (Wildman–Crippen LogP) is 5.54. The highest BCUT2D eigenvalue weighted by Crippen LogP contribution is 2.38. The average molecular weight is 322 g/mol. The van der Waals surface area contributed by atoms with Crippen LogP contribution < -0.4 is 0 Å². The van der Waals surface area contributed by atoms with E-state index in [1.54, 1.807) is 17.4 Å². The van der Waals surface area contributed by atoms with Gasteiger partial charge in [0.2, 0.25) is 0 Å². The highest BCUT2D eigenvalue weighted by Gasteiger charge is 2.14. The third-order valence-corrected chi connectivity index (χ3v) is 4.83. The molecule has 0 nitrogen and oxygen atoms in total. The largest absolute Gasteiger partial charge is 0.147 e. The molecule has 0 saturated heterocycles. The number of alkyl halides is 1. The first kappa shape index (κ1) is 11.5. The predicted molar refractivity (Wildman–Crippen MR) is 71.6 cm³/mol. The fourth-order valence-corrected chi connectivity index (χ4v) is 3.41. The molecule has 2 rings (SSSR count). The number of thiophene rings is 1. The highest BCUT2D eigenvalue weighted by atomic mass is 79.9. The van der Waals surface area contributed by atoms with Gasteiger partial charge in [-0.15, -0.1) is 11.3 Å². The quantitative estimate of drug-likeness (QED) is 0.637. The summed E-state index contributed by atoms with van der Waals surface area (Å²) in [5, 5.41) is 3.48. The first-order valence-electron chi connectivity index (χ1n) is 4.31. The van der Waals surface area contributed by atoms with Gasteiger partial charge in [0.05, 0.1) is 4.83 Å². The Hall–Kier alpha value is -0.0200. The Morgan fingerprint density at radius 2 is 2.00 bits per heavy atom. The van der Waals surface area contributed by atoms with Crippen molar-refractivity contribution in [3.05, 3.63) is 56.2 Å². The lowest BCUT2D eigenvalue weighted by molar-refractivity contribution is 1.23. The van der Waals surface area contributed by atoms with E-state index in [0.717, 1.165) is 10.6 Å². The molecule has 0 bridgehead atoms. The van der Waals surface area contributed by atoms with Crippen LogP contribution in [0.15, 0.2) is 35.7 Å². The Bertz CT molecular complexity index is 454. The van der Waals surface area contributed by atoms with Gasteiger partial charge in [-0.3, -0.25) is 0 Å². The minimum absolute atomic E-state index is 0.115. The van der Waals surface area contributed by atoms with E-state index in [9.17, 15) is 0 Å². The van der Waals surface area contributed by atoms with Crippen molar-refractivity contribution < 1.29 is 0 Å². The average Bonchev–Trinajstić information content (AvgIpc) is 2.74. The Labute approximate surface area is 111 Å². The van der Waals surface area contributed by atoms with Crippen LogP contribution >= 0.6 is 50.5 Å². The maximum atomic E-state index is 6.12. The monoisotopic (exact) mass is 320 g/mol. The highest BCUT2D eigenvalue weighted by molar-refractivity contribution is 9.09. The smallest absolute Gasteiger partial charge is 0.0752 e. The Balaban J connectivity index is 2.41. The molecule has 0 aliphatic rings. The van der Waals surface area contributed by atoms with Gasteiger partial charge in [-0.05, 0) is 35.2 Å². The van der Waals surface area contributed by atoms with E-state index in [1.165, 1.54) is 4.88 Å². The van der Waals surface area contributed by atoms with Crippen molar-refractivity contribution in [2.24, 2.45) is 0 Å². The normalized spacial score (nSPS) is 12.7. The summed E-state index contributed by atoms with van der Waals surface area (Å²) >= 11 is 17.4. The van der Waals surface area contributed by atoms with E-state index < -0.39 is 0 Å². The summed E-state index contributed by atoms with van der Waals surface area (Å²) in [5.41, 5.74) is 1.01. The molecule has 0 N–H and O–H groups in total. The zero-order chi connectivity index (χ0) is 10.8. The summed E-state index contributed by atoms with van der Waals surface area (Å²) in [4.78, 5) is 1.34. The van der Waals surface area contributed by atoms with Gasteiger partial charge in [-0.25, -0.2) is 0 Å². The van der Waals surface area contributed by atoms with E-state index in [1.807, 2.05) is 23.6 Å². The fraction of sp³-hybridized carbons (Fsp3) is 0.0909. The van der Waals surface area contributed by atoms with Gasteiger partial charge in [0.25, 0.3) is 0 Å². The first-order chi connectivity index (χ1) is 7.18. The summed E-state index contributed by atoms with van der Waals surface area (Å²) < 4.78 is 0. The standard InChI is InChI=1S/C11H7BrCl2S/c12-11(10-2-1-5-15-10)8-6-7(13)3-4-9(8)14/h1-6,11H. The summed E-state index contributed by atoms with van der Waals surface area (Å²) in [5.74, 6) is 0. The van der Waals surface area contributed by atoms with Gasteiger partial charge < -0.3 is 0 Å². The van der Waals surface area contributed by atoms with Crippen LogP contribution in [0.4, 0.5) is 0 Å². The molecule has 1 unspecified atom stereocenters. The van der Waals surface area contributed by atoms with E-state index in [0.29, 0.717) is 5.02 Å². The van der Waals surface area contributed by atoms with Gasteiger partial charge in [-0.1, -0.05) is 45.2 Å². The lowest BCUT2D eigenvalue weighted by Gasteiger charge is -2.10. The first-order valence-corrected chi connectivity index (χ1v) is 6.86. The van der Waals surface area contributed by atoms with E-state index >= 15 is 0 Å². The Morgan fingerprint density at radius 3 is 2.67 bits per heavy atom. The van der Waals surface area contributed by atoms with E-state index in [2.05, 4.69) is 22.0 Å². The van der Waals surface area contributed by atoms with Crippen molar-refractivity contribution in [1.29, 1.82) is 0 Å². The molecule has 0 amide bonds. The molecule has 1 aromatic carbocycles. The molecular formula is C11H7BrCl2S. The van der Waals surface area contributed by atoms with Gasteiger partial charge in [0, 0.05) is 14.9 Å². The molecule has 0 fully saturated rings. The number of benzene rings is 1. The molecule has 78 valence electrons. The molecule has 0 saturated carbocycles. The number of hydrogen-bond donors (Lipinski definition) is 0. The lowest BCUT2D eigenvalue weighted by Crippen LogP contribution is -1.90. The van der Waals surface area contributed by atoms with Crippen molar-refractivity contribution in [1.82, 2.24) is 0 Å². The fourth-order valence-electron chi connectivity index (χ4n) is 1.30. The Kier molecular flexibility index (Phi) is 3.73. The third kappa shape index (κ3) is 2.56. The SMILES string of the molecule is Clc1ccc(Cl)c(C(Br)c2cccs2)c1. The van der Waals surface area contributed by atoms with E-state index in [4.69, 9.17) is 23.2 Å². The van der Waals surface area contributed by atoms with Crippen LogP contribution in [0.25, 0.3) is 0 Å². The van der Waals surface area contributed by atoms with Crippen LogP contribution in [0.2, 0.25) is 10.0 Å². The molecule has 0 aliphatic heterocycles. The number of hydrogen-bond acceptors (Lipinski definition) is 1. The van der Waals surface area contributed by atoms with Crippen molar-refractivity contribution in [3.63, 3.8) is 0 Å². The van der Waals surface area contributed by atoms with Crippen LogP contribution in [0.5, 0.6) is 0 Å². The topological polar surface area (TPSA) is 0 Å². The van der Waals surface area contributed by atoms with Gasteiger partial charge >= 0.3 is 0 Å². The summed E-state index contributed by atoms with van der Waals surface area (Å²) in [6.45, 7) is 0. The third-order valence-electron chi connectivity index (χ3n) is 2.02. The summed E-state index contributed by atoms with van der Waals surface area (Å²) in [6, 6.07) is 9.60. The van der Waals surface area contributed by atoms with Crippen LogP contribution in [-0.4, -0.2) is 0 Å². The molecular weight excluding hydrogens is 315 g/mol. The zero-order valence-corrected chi connectivity index (χ0v) is 11.5. The summed E-state index contributed by atoms with van der Waals surface area (Å²) in [7, 11) is 0. The van der Waals surface area contributed by atoms with E-state index in [-0.39, 0.29) is 4.83 Å². The molecule has 4 heteroatoms. The van der Waals surface area contributed by atoms with Crippen LogP contribution in [-0.2, 0) is 0 Å². The number of halogens is 3. The molecule has 0 spiro atoms. The zero-order valence-electron chi connectivity index (χ0n) is 7.58. The molecule has 1 heterocycles. The van der Waals surface area contributed by atoms with Gasteiger partial charge in [0.1, 0.15) is 0 Å². The van der Waals surface area contributed by atoms with Crippen LogP contribution in [0, 0.1) is 0 Å².